The first-order valence-electron chi connectivity index (χ1n) is 7.53. The third-order valence-corrected chi connectivity index (χ3v) is 1.60. The van der Waals surface area contributed by atoms with Crippen LogP contribution >= 0.6 is 0 Å². The topological polar surface area (TPSA) is 143 Å². The summed E-state index contributed by atoms with van der Waals surface area (Å²) in [5, 5.41) is 31.7. The lowest BCUT2D eigenvalue weighted by atomic mass is 10.7. The minimum atomic E-state index is -0.981. The number of rotatable bonds is 11. The lowest BCUT2D eigenvalue weighted by Crippen LogP contribution is -2.09. The Bertz CT molecular complexity index is 265. The van der Waals surface area contributed by atoms with Crippen molar-refractivity contribution in [3.05, 3.63) is 25.3 Å². The molecule has 0 aromatic carbocycles. The van der Waals surface area contributed by atoms with E-state index in [2.05, 4.69) is 13.2 Å². The first-order valence-corrected chi connectivity index (χ1v) is 7.53. The van der Waals surface area contributed by atoms with Gasteiger partial charge in [0.1, 0.15) is 0 Å². The highest BCUT2D eigenvalue weighted by Gasteiger charge is 1.86. The van der Waals surface area contributed by atoms with Crippen molar-refractivity contribution in [2.24, 2.45) is 0 Å². The molecule has 0 aliphatic carbocycles. The molecule has 0 aliphatic rings. The van der Waals surface area contributed by atoms with Gasteiger partial charge >= 0.3 is 11.9 Å². The van der Waals surface area contributed by atoms with Gasteiger partial charge in [-0.1, -0.05) is 13.2 Å². The van der Waals surface area contributed by atoms with Gasteiger partial charge in [0.05, 0.1) is 39.6 Å². The minimum absolute atomic E-state index is 0.0417. The van der Waals surface area contributed by atoms with Crippen molar-refractivity contribution in [3.8, 4) is 0 Å². The maximum Gasteiger partial charge on any atom is 0.327 e. The summed E-state index contributed by atoms with van der Waals surface area (Å²) in [6.07, 6.45) is 1.67. The normalized spacial score (nSPS) is 8.32. The highest BCUT2D eigenvalue weighted by atomic mass is 16.5. The molecule has 0 fully saturated rings. The largest absolute Gasteiger partial charge is 0.478 e. The zero-order valence-electron chi connectivity index (χ0n) is 15.1. The predicted molar refractivity (Wildman–Crippen MR) is 93.6 cm³/mol. The van der Waals surface area contributed by atoms with E-state index in [1.54, 1.807) is 0 Å². The van der Waals surface area contributed by atoms with Crippen molar-refractivity contribution in [2.75, 3.05) is 52.9 Å². The molecule has 9 nitrogen and oxygen atoms in total. The number of hydrogen-bond acceptors (Lipinski definition) is 7. The Kier molecular flexibility index (Phi) is 41.9. The summed E-state index contributed by atoms with van der Waals surface area (Å²) in [4.78, 5) is 18.5. The molecule has 0 saturated heterocycles. The van der Waals surface area contributed by atoms with Crippen LogP contribution in [0.1, 0.15) is 13.8 Å². The maximum absolute atomic E-state index is 9.25. The number of hydrogen-bond donors (Lipinski definition) is 4. The standard InChI is InChI=1S/C6H14O4.C4H10O.2C3H4O2/c7-1-3-9-5-6-10-4-2-8;1-3-5-4-2;2*1-2-3(4)5/h7-8H,1-6H2;3-4H2,1-2H3;2*2H,1H2,(H,4,5). The SMILES string of the molecule is C=CC(=O)O.C=CC(=O)O.CCOCC.OCCOCCOCCO. The summed E-state index contributed by atoms with van der Waals surface area (Å²) in [6.45, 7) is 13.3. The highest BCUT2D eigenvalue weighted by molar-refractivity contribution is 5.79. The molecule has 25 heavy (non-hydrogen) atoms. The molecule has 0 atom stereocenters. The first-order chi connectivity index (χ1) is 11.9. The van der Waals surface area contributed by atoms with Gasteiger partial charge < -0.3 is 34.6 Å². The number of aliphatic carboxylic acids is 2. The average molecular weight is 368 g/mol. The van der Waals surface area contributed by atoms with E-state index in [-0.39, 0.29) is 13.2 Å². The summed E-state index contributed by atoms with van der Waals surface area (Å²) >= 11 is 0. The van der Waals surface area contributed by atoms with E-state index in [4.69, 9.17) is 34.6 Å². The van der Waals surface area contributed by atoms with Crippen molar-refractivity contribution in [1.82, 2.24) is 0 Å². The van der Waals surface area contributed by atoms with Crippen molar-refractivity contribution in [3.63, 3.8) is 0 Å². The molecule has 0 bridgehead atoms. The van der Waals surface area contributed by atoms with Crippen LogP contribution in [0.5, 0.6) is 0 Å². The number of carboxylic acid groups (broad SMARTS) is 2. The summed E-state index contributed by atoms with van der Waals surface area (Å²) in [6, 6.07) is 0. The summed E-state index contributed by atoms with van der Waals surface area (Å²) in [7, 11) is 0. The predicted octanol–water partition coefficient (Wildman–Crippen LogP) is 0.561. The van der Waals surface area contributed by atoms with E-state index >= 15 is 0 Å². The fourth-order valence-corrected chi connectivity index (χ4v) is 0.655. The molecule has 0 saturated carbocycles. The lowest BCUT2D eigenvalue weighted by Gasteiger charge is -2.01. The molecule has 4 N–H and O–H groups in total. The van der Waals surface area contributed by atoms with Crippen LogP contribution in [0.2, 0.25) is 0 Å². The Morgan fingerprint density at radius 2 is 1.04 bits per heavy atom. The number of carbonyl (C=O) groups is 2. The summed E-state index contributed by atoms with van der Waals surface area (Å²) in [5.74, 6) is -1.96. The van der Waals surface area contributed by atoms with Crippen LogP contribution in [0.3, 0.4) is 0 Å². The number of aliphatic hydroxyl groups is 2. The van der Waals surface area contributed by atoms with Crippen LogP contribution in [-0.2, 0) is 23.8 Å². The monoisotopic (exact) mass is 368 g/mol. The van der Waals surface area contributed by atoms with Gasteiger partial charge in [0.25, 0.3) is 0 Å². The van der Waals surface area contributed by atoms with Crippen LogP contribution in [-0.4, -0.2) is 85.2 Å². The molecule has 0 spiro atoms. The molecular formula is C16H32O9. The van der Waals surface area contributed by atoms with E-state index in [9.17, 15) is 9.59 Å². The summed E-state index contributed by atoms with van der Waals surface area (Å²) in [5.41, 5.74) is 0. The Morgan fingerprint density at radius 1 is 0.760 bits per heavy atom. The maximum atomic E-state index is 9.25. The molecule has 9 heteroatoms. The van der Waals surface area contributed by atoms with Gasteiger partial charge in [-0.2, -0.15) is 0 Å². The smallest absolute Gasteiger partial charge is 0.327 e. The van der Waals surface area contributed by atoms with Crippen LogP contribution in [0.15, 0.2) is 25.3 Å². The highest BCUT2D eigenvalue weighted by Crippen LogP contribution is 1.76. The molecule has 150 valence electrons. The lowest BCUT2D eigenvalue weighted by molar-refractivity contribution is -0.132. The van der Waals surface area contributed by atoms with Gasteiger partial charge in [-0.3, -0.25) is 0 Å². The van der Waals surface area contributed by atoms with Crippen molar-refractivity contribution >= 4 is 11.9 Å². The second-order valence-electron chi connectivity index (χ2n) is 3.54. The van der Waals surface area contributed by atoms with E-state index in [1.165, 1.54) is 0 Å². The molecule has 0 rings (SSSR count). The van der Waals surface area contributed by atoms with Gasteiger partial charge in [-0.15, -0.1) is 0 Å². The number of ether oxygens (including phenoxy) is 3. The zero-order valence-corrected chi connectivity index (χ0v) is 15.1. The second-order valence-corrected chi connectivity index (χ2v) is 3.54. The van der Waals surface area contributed by atoms with Crippen LogP contribution in [0, 0.1) is 0 Å². The number of aliphatic hydroxyl groups excluding tert-OH is 2. The quantitative estimate of drug-likeness (QED) is 0.304. The Balaban J connectivity index is -0.000000126. The Morgan fingerprint density at radius 3 is 1.16 bits per heavy atom. The molecule has 0 heterocycles. The van der Waals surface area contributed by atoms with E-state index in [1.807, 2.05) is 13.8 Å². The van der Waals surface area contributed by atoms with Crippen LogP contribution < -0.4 is 0 Å². The fourth-order valence-electron chi connectivity index (χ4n) is 0.655. The van der Waals surface area contributed by atoms with E-state index in [0.29, 0.717) is 26.4 Å². The molecule has 0 unspecified atom stereocenters. The van der Waals surface area contributed by atoms with Crippen molar-refractivity contribution < 1.29 is 44.2 Å². The molecule has 0 aromatic heterocycles. The van der Waals surface area contributed by atoms with Crippen LogP contribution in [0.4, 0.5) is 0 Å². The third kappa shape index (κ3) is 72.2. The molecule has 0 aromatic rings. The van der Waals surface area contributed by atoms with E-state index in [0.717, 1.165) is 25.4 Å². The van der Waals surface area contributed by atoms with Gasteiger partial charge in [-0.05, 0) is 13.8 Å². The zero-order chi connectivity index (χ0) is 20.3. The Labute approximate surface area is 149 Å². The molecule has 0 radical (unpaired) electrons. The van der Waals surface area contributed by atoms with Crippen LogP contribution in [0.25, 0.3) is 0 Å². The van der Waals surface area contributed by atoms with Gasteiger partial charge in [0.2, 0.25) is 0 Å². The summed E-state index contributed by atoms with van der Waals surface area (Å²) < 4.78 is 14.6. The van der Waals surface area contributed by atoms with Crippen molar-refractivity contribution in [2.45, 2.75) is 13.8 Å². The number of carboxylic acids is 2. The molecule has 0 amide bonds. The van der Waals surface area contributed by atoms with Crippen molar-refractivity contribution in [1.29, 1.82) is 0 Å². The third-order valence-electron chi connectivity index (χ3n) is 1.60. The Hall–Kier alpha value is -1.78. The average Bonchev–Trinajstić information content (AvgIpc) is 2.60. The van der Waals surface area contributed by atoms with Gasteiger partial charge in [0.15, 0.2) is 0 Å². The molecule has 0 aliphatic heterocycles. The first kappa shape index (κ1) is 31.0. The van der Waals surface area contributed by atoms with Gasteiger partial charge in [0, 0.05) is 25.4 Å². The minimum Gasteiger partial charge on any atom is -0.478 e. The second kappa shape index (κ2) is 33.7. The fraction of sp³-hybridized carbons (Fsp3) is 0.625. The molecular weight excluding hydrogens is 336 g/mol. The van der Waals surface area contributed by atoms with Gasteiger partial charge in [-0.25, -0.2) is 9.59 Å². The van der Waals surface area contributed by atoms with E-state index < -0.39 is 11.9 Å².